The molecule has 0 radical (unpaired) electrons. The zero-order chi connectivity index (χ0) is 23.3. The second kappa shape index (κ2) is 7.79. The Balaban J connectivity index is 1.49. The Morgan fingerprint density at radius 1 is 1.24 bits per heavy atom. The number of aromatic nitrogens is 7. The van der Waals surface area contributed by atoms with Gasteiger partial charge in [-0.25, -0.2) is 31.7 Å². The molecule has 1 aliphatic heterocycles. The highest BCUT2D eigenvalue weighted by atomic mass is 19.3. The largest absolute Gasteiger partial charge is 0.382 e. The average Bonchev–Trinajstić information content (AvgIpc) is 3.33. The summed E-state index contributed by atoms with van der Waals surface area (Å²) in [5.74, 6) is -2.90. The maximum Gasteiger partial charge on any atom is 0.280 e. The third kappa shape index (κ3) is 3.90. The Bertz CT molecular complexity index is 1320. The number of rotatable bonds is 5. The van der Waals surface area contributed by atoms with Crippen molar-refractivity contribution < 1.29 is 17.6 Å². The fraction of sp³-hybridized carbons (Fsp3) is 0.421. The second-order valence-corrected chi connectivity index (χ2v) is 8.03. The fourth-order valence-corrected chi connectivity index (χ4v) is 4.02. The standard InChI is InChI=1S/C19H20F4N10/c1-31-6-5-13(19(22,23)9-31)26-18-27-16(24)15-10(4-7-32(15)29-18)11-2-3-12-17(25-11)33(30-28-12)8-14(20)21/h2-4,7,13-14H,5-6,8-9H2,1H3,(H3,24,26,27,29)/t13-/m1/s1. The van der Waals surface area contributed by atoms with Gasteiger partial charge >= 0.3 is 0 Å². The van der Waals surface area contributed by atoms with E-state index in [-0.39, 0.29) is 30.4 Å². The van der Waals surface area contributed by atoms with Gasteiger partial charge in [0.05, 0.1) is 18.3 Å². The number of likely N-dealkylation sites (tertiary alicyclic amines) is 1. The summed E-state index contributed by atoms with van der Waals surface area (Å²) < 4.78 is 56.9. The minimum Gasteiger partial charge on any atom is -0.382 e. The van der Waals surface area contributed by atoms with E-state index in [2.05, 4.69) is 30.7 Å². The third-order valence-corrected chi connectivity index (χ3v) is 5.58. The van der Waals surface area contributed by atoms with Crippen LogP contribution in [0.25, 0.3) is 27.9 Å². The number of nitrogens with two attached hydrogens (primary N) is 1. The van der Waals surface area contributed by atoms with Gasteiger partial charge in [0.15, 0.2) is 11.5 Å². The van der Waals surface area contributed by atoms with Crippen LogP contribution >= 0.6 is 0 Å². The van der Waals surface area contributed by atoms with Crippen molar-refractivity contribution >= 4 is 28.4 Å². The van der Waals surface area contributed by atoms with E-state index in [1.165, 1.54) is 4.52 Å². The van der Waals surface area contributed by atoms with E-state index < -0.39 is 24.9 Å². The van der Waals surface area contributed by atoms with Gasteiger partial charge in [0.25, 0.3) is 12.3 Å². The molecular weight excluding hydrogens is 444 g/mol. The topological polar surface area (TPSA) is 115 Å². The lowest BCUT2D eigenvalue weighted by Crippen LogP contribution is -2.53. The van der Waals surface area contributed by atoms with Crippen molar-refractivity contribution in [2.75, 3.05) is 31.2 Å². The molecule has 4 aromatic heterocycles. The summed E-state index contributed by atoms with van der Waals surface area (Å²) in [4.78, 5) is 10.2. The molecule has 0 aliphatic carbocycles. The molecule has 0 spiro atoms. The zero-order valence-electron chi connectivity index (χ0n) is 17.5. The van der Waals surface area contributed by atoms with Gasteiger partial charge in [0.1, 0.15) is 17.6 Å². The Morgan fingerprint density at radius 2 is 2.06 bits per heavy atom. The zero-order valence-corrected chi connectivity index (χ0v) is 17.5. The molecule has 174 valence electrons. The first kappa shape index (κ1) is 21.3. The highest BCUT2D eigenvalue weighted by Gasteiger charge is 2.44. The first-order valence-corrected chi connectivity index (χ1v) is 10.2. The van der Waals surface area contributed by atoms with E-state index >= 15 is 0 Å². The Kier molecular flexibility index (Phi) is 5.03. The quantitative estimate of drug-likeness (QED) is 0.432. The number of nitrogens with one attached hydrogen (secondary N) is 1. The van der Waals surface area contributed by atoms with Crippen molar-refractivity contribution in [3.63, 3.8) is 0 Å². The van der Waals surface area contributed by atoms with Crippen LogP contribution in [0.4, 0.5) is 29.3 Å². The monoisotopic (exact) mass is 464 g/mol. The van der Waals surface area contributed by atoms with Crippen molar-refractivity contribution in [1.82, 2.24) is 39.5 Å². The SMILES string of the molecule is CN1CC[C@@H](Nc2nc(N)c3c(-c4ccc5nnn(CC(F)F)c5n4)ccn3n2)C(F)(F)C1. The van der Waals surface area contributed by atoms with Crippen LogP contribution in [0, 0.1) is 0 Å². The predicted octanol–water partition coefficient (Wildman–Crippen LogP) is 2.13. The van der Waals surface area contributed by atoms with Crippen LogP contribution in [0.3, 0.4) is 0 Å². The number of fused-ring (bicyclic) bond motifs is 2. The molecule has 5 rings (SSSR count). The Hall–Kier alpha value is -3.55. The van der Waals surface area contributed by atoms with Gasteiger partial charge in [0, 0.05) is 18.3 Å². The molecule has 0 unspecified atom stereocenters. The van der Waals surface area contributed by atoms with Crippen LogP contribution < -0.4 is 11.1 Å². The van der Waals surface area contributed by atoms with Gasteiger partial charge in [-0.1, -0.05) is 5.21 Å². The molecule has 14 heteroatoms. The summed E-state index contributed by atoms with van der Waals surface area (Å²) >= 11 is 0. The molecule has 0 aromatic carbocycles. The summed E-state index contributed by atoms with van der Waals surface area (Å²) in [7, 11) is 1.65. The minimum absolute atomic E-state index is 0.0148. The smallest absolute Gasteiger partial charge is 0.280 e. The van der Waals surface area contributed by atoms with E-state index in [1.54, 1.807) is 36.3 Å². The number of hydrogen-bond acceptors (Lipinski definition) is 8. The number of nitrogens with zero attached hydrogens (tertiary/aromatic N) is 8. The molecule has 4 aromatic rings. The molecule has 1 atom stereocenters. The van der Waals surface area contributed by atoms with Crippen LogP contribution in [0.1, 0.15) is 6.42 Å². The molecule has 1 saturated heterocycles. The van der Waals surface area contributed by atoms with Crippen LogP contribution in [-0.2, 0) is 6.54 Å². The summed E-state index contributed by atoms with van der Waals surface area (Å²) in [6.07, 6.45) is -0.782. The average molecular weight is 464 g/mol. The molecule has 3 N–H and O–H groups in total. The molecule has 5 heterocycles. The van der Waals surface area contributed by atoms with Crippen molar-refractivity contribution in [2.45, 2.75) is 31.4 Å². The molecule has 0 saturated carbocycles. The van der Waals surface area contributed by atoms with E-state index in [0.717, 1.165) is 4.68 Å². The summed E-state index contributed by atoms with van der Waals surface area (Å²) in [6.45, 7) is -0.476. The lowest BCUT2D eigenvalue weighted by Gasteiger charge is -2.36. The fourth-order valence-electron chi connectivity index (χ4n) is 4.02. The molecule has 0 bridgehead atoms. The van der Waals surface area contributed by atoms with Gasteiger partial charge in [-0.2, -0.15) is 4.98 Å². The number of alkyl halides is 4. The lowest BCUT2D eigenvalue weighted by molar-refractivity contribution is -0.0675. The summed E-state index contributed by atoms with van der Waals surface area (Å²) in [5.41, 5.74) is 8.13. The predicted molar refractivity (Wildman–Crippen MR) is 112 cm³/mol. The van der Waals surface area contributed by atoms with Crippen molar-refractivity contribution in [3.05, 3.63) is 24.4 Å². The van der Waals surface area contributed by atoms with Crippen LogP contribution in [-0.4, -0.2) is 78.0 Å². The number of hydrogen-bond donors (Lipinski definition) is 2. The van der Waals surface area contributed by atoms with Gasteiger partial charge in [-0.05, 0) is 31.7 Å². The maximum absolute atomic E-state index is 14.4. The Labute approximate surface area is 184 Å². The lowest BCUT2D eigenvalue weighted by atomic mass is 10.0. The molecule has 33 heavy (non-hydrogen) atoms. The van der Waals surface area contributed by atoms with Gasteiger partial charge in [-0.3, -0.25) is 0 Å². The van der Waals surface area contributed by atoms with E-state index in [9.17, 15) is 17.6 Å². The van der Waals surface area contributed by atoms with E-state index in [1.807, 2.05) is 0 Å². The third-order valence-electron chi connectivity index (χ3n) is 5.58. The summed E-state index contributed by atoms with van der Waals surface area (Å²) in [5, 5.41) is 14.6. The minimum atomic E-state index is -2.95. The first-order valence-electron chi connectivity index (χ1n) is 10.2. The van der Waals surface area contributed by atoms with Crippen LogP contribution in [0.15, 0.2) is 24.4 Å². The number of pyridine rings is 1. The molecule has 0 amide bonds. The number of halogens is 4. The van der Waals surface area contributed by atoms with Crippen molar-refractivity contribution in [1.29, 1.82) is 0 Å². The van der Waals surface area contributed by atoms with Crippen LogP contribution in [0.5, 0.6) is 0 Å². The highest BCUT2D eigenvalue weighted by molar-refractivity contribution is 5.88. The second-order valence-electron chi connectivity index (χ2n) is 8.03. The normalized spacial score (nSPS) is 19.0. The van der Waals surface area contributed by atoms with Crippen LogP contribution in [0.2, 0.25) is 0 Å². The van der Waals surface area contributed by atoms with Gasteiger partial charge in [0.2, 0.25) is 5.95 Å². The molecule has 1 fully saturated rings. The first-order chi connectivity index (χ1) is 15.7. The molecular formula is C19H20F4N10. The number of anilines is 2. The van der Waals surface area contributed by atoms with Crippen molar-refractivity contribution in [2.24, 2.45) is 0 Å². The van der Waals surface area contributed by atoms with Crippen molar-refractivity contribution in [3.8, 4) is 11.3 Å². The number of nitrogen functional groups attached to an aromatic ring is 1. The van der Waals surface area contributed by atoms with Gasteiger partial charge < -0.3 is 16.0 Å². The van der Waals surface area contributed by atoms with E-state index in [4.69, 9.17) is 5.73 Å². The highest BCUT2D eigenvalue weighted by Crippen LogP contribution is 2.31. The maximum atomic E-state index is 14.4. The molecule has 10 nitrogen and oxygen atoms in total. The van der Waals surface area contributed by atoms with Gasteiger partial charge in [-0.15, -0.1) is 10.2 Å². The Morgan fingerprint density at radius 3 is 2.82 bits per heavy atom. The number of piperidine rings is 1. The van der Waals surface area contributed by atoms with E-state index in [0.29, 0.717) is 28.8 Å². The summed E-state index contributed by atoms with van der Waals surface area (Å²) in [6, 6.07) is 3.84. The molecule has 1 aliphatic rings.